The van der Waals surface area contributed by atoms with E-state index in [9.17, 15) is 9.59 Å². The summed E-state index contributed by atoms with van der Waals surface area (Å²) < 4.78 is 0.665. The van der Waals surface area contributed by atoms with Gasteiger partial charge in [-0.05, 0) is 47.1 Å². The summed E-state index contributed by atoms with van der Waals surface area (Å²) in [6, 6.07) is 14.6. The SMILES string of the molecule is C[C@H]([NH2+]CC(=O)NNC(=O)c1ccccc1Br)c1cccc(Cl)c1. The van der Waals surface area contributed by atoms with Crippen molar-refractivity contribution in [2.24, 2.45) is 0 Å². The number of hydrazine groups is 1. The van der Waals surface area contributed by atoms with Crippen molar-refractivity contribution in [1.29, 1.82) is 0 Å². The molecular weight excluding hydrogens is 394 g/mol. The van der Waals surface area contributed by atoms with Gasteiger partial charge in [-0.15, -0.1) is 0 Å². The highest BCUT2D eigenvalue weighted by Gasteiger charge is 2.13. The van der Waals surface area contributed by atoms with Crippen molar-refractivity contribution < 1.29 is 14.9 Å². The Labute approximate surface area is 153 Å². The fourth-order valence-electron chi connectivity index (χ4n) is 2.10. The number of carbonyl (C=O) groups is 2. The number of benzene rings is 2. The molecule has 2 amide bonds. The second-order valence-electron chi connectivity index (χ2n) is 5.27. The van der Waals surface area contributed by atoms with Gasteiger partial charge in [0.25, 0.3) is 11.8 Å². The van der Waals surface area contributed by atoms with E-state index < -0.39 is 0 Å². The zero-order valence-corrected chi connectivity index (χ0v) is 15.4. The molecule has 5 nitrogen and oxygen atoms in total. The summed E-state index contributed by atoms with van der Waals surface area (Å²) in [7, 11) is 0. The molecule has 2 aromatic carbocycles. The topological polar surface area (TPSA) is 74.8 Å². The molecule has 0 aliphatic heterocycles. The maximum atomic E-state index is 12.0. The predicted octanol–water partition coefficient (Wildman–Crippen LogP) is 2.19. The first kappa shape index (κ1) is 18.4. The van der Waals surface area contributed by atoms with E-state index in [4.69, 9.17) is 11.6 Å². The van der Waals surface area contributed by atoms with E-state index in [2.05, 4.69) is 26.8 Å². The van der Waals surface area contributed by atoms with E-state index in [1.54, 1.807) is 18.2 Å². The van der Waals surface area contributed by atoms with E-state index in [1.807, 2.05) is 42.6 Å². The highest BCUT2D eigenvalue weighted by atomic mass is 79.9. The van der Waals surface area contributed by atoms with Crippen LogP contribution in [0.15, 0.2) is 53.0 Å². The van der Waals surface area contributed by atoms with E-state index in [0.29, 0.717) is 15.1 Å². The van der Waals surface area contributed by atoms with Crippen LogP contribution in [0.1, 0.15) is 28.9 Å². The minimum atomic E-state index is -0.376. The number of hydrogen-bond donors (Lipinski definition) is 3. The van der Waals surface area contributed by atoms with E-state index in [0.717, 1.165) is 5.56 Å². The van der Waals surface area contributed by atoms with Crippen LogP contribution in [-0.2, 0) is 4.79 Å². The Hall–Kier alpha value is -1.89. The number of quaternary nitrogens is 1. The summed E-state index contributed by atoms with van der Waals surface area (Å²) in [4.78, 5) is 23.9. The third-order valence-electron chi connectivity index (χ3n) is 3.47. The summed E-state index contributed by atoms with van der Waals surface area (Å²) in [5.74, 6) is -0.664. The lowest BCUT2D eigenvalue weighted by molar-refractivity contribution is -0.682. The summed E-state index contributed by atoms with van der Waals surface area (Å²) in [5.41, 5.74) is 6.30. The molecule has 0 radical (unpaired) electrons. The average Bonchev–Trinajstić information content (AvgIpc) is 2.58. The molecule has 0 spiro atoms. The molecule has 0 saturated carbocycles. The normalized spacial score (nSPS) is 11.6. The zero-order chi connectivity index (χ0) is 17.5. The van der Waals surface area contributed by atoms with Crippen LogP contribution in [-0.4, -0.2) is 18.4 Å². The van der Waals surface area contributed by atoms with Crippen molar-refractivity contribution in [1.82, 2.24) is 10.9 Å². The van der Waals surface area contributed by atoms with Gasteiger partial charge in [0.1, 0.15) is 6.04 Å². The fraction of sp³-hybridized carbons (Fsp3) is 0.176. The monoisotopic (exact) mass is 410 g/mol. The van der Waals surface area contributed by atoms with Crippen LogP contribution in [0.2, 0.25) is 5.02 Å². The van der Waals surface area contributed by atoms with Gasteiger partial charge >= 0.3 is 0 Å². The lowest BCUT2D eigenvalue weighted by atomic mass is 10.1. The Morgan fingerprint density at radius 2 is 1.92 bits per heavy atom. The Kier molecular flexibility index (Phi) is 6.78. The molecule has 0 saturated heterocycles. The van der Waals surface area contributed by atoms with E-state index in [-0.39, 0.29) is 24.4 Å². The quantitative estimate of drug-likeness (QED) is 0.660. The number of amides is 2. The van der Waals surface area contributed by atoms with Gasteiger partial charge < -0.3 is 5.32 Å². The molecule has 1 atom stereocenters. The molecule has 0 fully saturated rings. The number of nitrogens with two attached hydrogens (primary N) is 1. The van der Waals surface area contributed by atoms with Crippen molar-refractivity contribution in [2.75, 3.05) is 6.54 Å². The molecular formula is C17H18BrClN3O2+. The molecule has 0 aromatic heterocycles. The Balaban J connectivity index is 1.79. The van der Waals surface area contributed by atoms with Crippen molar-refractivity contribution in [3.63, 3.8) is 0 Å². The van der Waals surface area contributed by atoms with Crippen molar-refractivity contribution in [3.05, 3.63) is 69.2 Å². The fourth-order valence-corrected chi connectivity index (χ4v) is 2.76. The first-order valence-electron chi connectivity index (χ1n) is 7.40. The lowest BCUT2D eigenvalue weighted by Crippen LogP contribution is -2.87. The Morgan fingerprint density at radius 1 is 1.17 bits per heavy atom. The van der Waals surface area contributed by atoms with E-state index in [1.165, 1.54) is 0 Å². The van der Waals surface area contributed by atoms with Crippen LogP contribution >= 0.6 is 27.5 Å². The van der Waals surface area contributed by atoms with Gasteiger partial charge in [0.15, 0.2) is 6.54 Å². The molecule has 0 aliphatic rings. The van der Waals surface area contributed by atoms with Gasteiger partial charge in [-0.3, -0.25) is 20.4 Å². The van der Waals surface area contributed by atoms with Crippen LogP contribution < -0.4 is 16.2 Å². The van der Waals surface area contributed by atoms with Gasteiger partial charge in [0.2, 0.25) is 0 Å². The van der Waals surface area contributed by atoms with Crippen LogP contribution in [0, 0.1) is 0 Å². The molecule has 126 valence electrons. The summed E-state index contributed by atoms with van der Waals surface area (Å²) in [6.45, 7) is 2.17. The largest absolute Gasteiger partial charge is 0.332 e. The van der Waals surface area contributed by atoms with Crippen molar-refractivity contribution in [3.8, 4) is 0 Å². The van der Waals surface area contributed by atoms with E-state index >= 15 is 0 Å². The zero-order valence-electron chi connectivity index (χ0n) is 13.1. The third-order valence-corrected chi connectivity index (χ3v) is 4.39. The molecule has 0 heterocycles. The second-order valence-corrected chi connectivity index (χ2v) is 6.56. The van der Waals surface area contributed by atoms with Crippen LogP contribution in [0.3, 0.4) is 0 Å². The highest BCUT2D eigenvalue weighted by molar-refractivity contribution is 9.10. The van der Waals surface area contributed by atoms with Gasteiger partial charge in [0, 0.05) is 15.1 Å². The first-order chi connectivity index (χ1) is 11.5. The van der Waals surface area contributed by atoms with Crippen LogP contribution in [0.4, 0.5) is 0 Å². The number of rotatable bonds is 5. The Bertz CT molecular complexity index is 739. The first-order valence-corrected chi connectivity index (χ1v) is 8.57. The van der Waals surface area contributed by atoms with Crippen molar-refractivity contribution >= 4 is 39.3 Å². The second kappa shape index (κ2) is 8.82. The van der Waals surface area contributed by atoms with Gasteiger partial charge in [-0.2, -0.15) is 0 Å². The molecule has 7 heteroatoms. The number of nitrogens with one attached hydrogen (secondary N) is 2. The van der Waals surface area contributed by atoms with Gasteiger partial charge in [0.05, 0.1) is 5.56 Å². The molecule has 2 aromatic rings. The van der Waals surface area contributed by atoms with Gasteiger partial charge in [-0.1, -0.05) is 35.9 Å². The summed E-state index contributed by atoms with van der Waals surface area (Å²) >= 11 is 9.26. The third kappa shape index (κ3) is 5.33. The highest BCUT2D eigenvalue weighted by Crippen LogP contribution is 2.15. The molecule has 24 heavy (non-hydrogen) atoms. The average molecular weight is 412 g/mol. The summed E-state index contributed by atoms with van der Waals surface area (Å²) in [6.07, 6.45) is 0. The molecule has 0 aliphatic carbocycles. The predicted molar refractivity (Wildman–Crippen MR) is 96.4 cm³/mol. The lowest BCUT2D eigenvalue weighted by Gasteiger charge is -2.12. The number of hydrogen-bond acceptors (Lipinski definition) is 2. The standard InChI is InChI=1S/C17H17BrClN3O2/c1-11(12-5-4-6-13(19)9-12)20-10-16(23)21-22-17(24)14-7-2-3-8-15(14)18/h2-9,11,20H,10H2,1H3,(H,21,23)(H,22,24)/p+1/t11-/m0/s1. The smallest absolute Gasteiger partial charge is 0.293 e. The van der Waals surface area contributed by atoms with Gasteiger partial charge in [-0.25, -0.2) is 0 Å². The molecule has 0 unspecified atom stereocenters. The Morgan fingerprint density at radius 3 is 2.62 bits per heavy atom. The minimum absolute atomic E-state index is 0.0772. The summed E-state index contributed by atoms with van der Waals surface area (Å²) in [5, 5.41) is 2.53. The molecule has 0 bridgehead atoms. The van der Waals surface area contributed by atoms with Crippen LogP contribution in [0.5, 0.6) is 0 Å². The van der Waals surface area contributed by atoms with Crippen LogP contribution in [0.25, 0.3) is 0 Å². The molecule has 4 N–H and O–H groups in total. The number of halogens is 2. The minimum Gasteiger partial charge on any atom is -0.332 e. The van der Waals surface area contributed by atoms with Crippen molar-refractivity contribution in [2.45, 2.75) is 13.0 Å². The maximum Gasteiger partial charge on any atom is 0.293 e. The molecule has 2 rings (SSSR count). The maximum absolute atomic E-state index is 12.0. The number of carbonyl (C=O) groups excluding carboxylic acids is 2.